The van der Waals surface area contributed by atoms with Gasteiger partial charge in [-0.05, 0) is 37.5 Å². The van der Waals surface area contributed by atoms with Gasteiger partial charge in [0.25, 0.3) is 0 Å². The molecule has 1 aliphatic heterocycles. The fourth-order valence-electron chi connectivity index (χ4n) is 3.15. The minimum Gasteiger partial charge on any atom is -0.405 e. The Morgan fingerprint density at radius 2 is 1.96 bits per heavy atom. The number of halogens is 5. The van der Waals surface area contributed by atoms with E-state index in [9.17, 15) is 13.2 Å². The van der Waals surface area contributed by atoms with Crippen LogP contribution in [0.1, 0.15) is 37.3 Å². The zero-order valence-electron chi connectivity index (χ0n) is 14.5. The summed E-state index contributed by atoms with van der Waals surface area (Å²) in [6, 6.07) is 4.63. The summed E-state index contributed by atoms with van der Waals surface area (Å²) in [6.45, 7) is 7.02. The third-order valence-electron chi connectivity index (χ3n) is 4.28. The van der Waals surface area contributed by atoms with Crippen LogP contribution in [0.2, 0.25) is 0 Å². The van der Waals surface area contributed by atoms with E-state index in [1.165, 1.54) is 6.07 Å². The summed E-state index contributed by atoms with van der Waals surface area (Å²) >= 11 is 3.38. The Bertz CT molecular complexity index is 566. The summed E-state index contributed by atoms with van der Waals surface area (Å²) < 4.78 is 43.5. The third-order valence-corrected chi connectivity index (χ3v) is 4.78. The number of ether oxygens (including phenoxy) is 1. The average molecular weight is 458 g/mol. The van der Waals surface area contributed by atoms with Crippen molar-refractivity contribution in [3.8, 4) is 5.75 Å². The Kier molecular flexibility index (Phi) is 10.00. The molecule has 1 saturated heterocycles. The van der Waals surface area contributed by atoms with Gasteiger partial charge in [0.1, 0.15) is 5.75 Å². The van der Waals surface area contributed by atoms with Crippen LogP contribution in [0.5, 0.6) is 5.75 Å². The number of nitrogens with one attached hydrogen (secondary N) is 1. The smallest absolute Gasteiger partial charge is 0.405 e. The first-order valence-corrected chi connectivity index (χ1v) is 9.31. The molecule has 1 aliphatic rings. The highest BCUT2D eigenvalue weighted by Crippen LogP contribution is 2.37. The molecule has 148 valence electrons. The summed E-state index contributed by atoms with van der Waals surface area (Å²) in [6.07, 6.45) is 0.794. The number of hydrogen-bond acceptors (Lipinski definition) is 3. The van der Waals surface area contributed by atoms with Crippen molar-refractivity contribution in [3.05, 3.63) is 40.9 Å². The molecular weight excluding hydrogens is 433 g/mol. The fourth-order valence-corrected chi connectivity index (χ4v) is 3.53. The number of nitrogens with zero attached hydrogens (tertiary/aromatic N) is 1. The first-order valence-electron chi connectivity index (χ1n) is 8.51. The molecule has 1 N–H and O–H groups in total. The van der Waals surface area contributed by atoms with Crippen LogP contribution in [0.3, 0.4) is 0 Å². The van der Waals surface area contributed by atoms with Crippen molar-refractivity contribution in [2.75, 3.05) is 26.2 Å². The van der Waals surface area contributed by atoms with Gasteiger partial charge in [-0.15, -0.1) is 32.2 Å². The summed E-state index contributed by atoms with van der Waals surface area (Å²) in [7, 11) is 0. The lowest BCUT2D eigenvalue weighted by Gasteiger charge is -2.36. The van der Waals surface area contributed by atoms with E-state index in [2.05, 4.69) is 37.5 Å². The lowest BCUT2D eigenvalue weighted by molar-refractivity contribution is -0.275. The minimum absolute atomic E-state index is 0. The molecule has 1 heterocycles. The molecule has 1 aromatic carbocycles. The van der Waals surface area contributed by atoms with Gasteiger partial charge in [-0.2, -0.15) is 0 Å². The van der Waals surface area contributed by atoms with Crippen molar-refractivity contribution < 1.29 is 17.9 Å². The molecule has 0 saturated carbocycles. The van der Waals surface area contributed by atoms with Gasteiger partial charge >= 0.3 is 6.36 Å². The van der Waals surface area contributed by atoms with Crippen molar-refractivity contribution in [2.45, 2.75) is 38.1 Å². The van der Waals surface area contributed by atoms with E-state index < -0.39 is 6.36 Å². The van der Waals surface area contributed by atoms with Crippen LogP contribution in [0.4, 0.5) is 13.2 Å². The van der Waals surface area contributed by atoms with Gasteiger partial charge in [0.2, 0.25) is 0 Å². The molecular formula is C18H25BrClF3N2O. The second-order valence-corrected chi connectivity index (χ2v) is 7.02. The van der Waals surface area contributed by atoms with E-state index in [0.29, 0.717) is 5.56 Å². The highest BCUT2D eigenvalue weighted by molar-refractivity contribution is 9.10. The number of unbranched alkanes of at least 4 members (excludes halogenated alkanes) is 2. The van der Waals surface area contributed by atoms with Gasteiger partial charge in [-0.3, -0.25) is 4.90 Å². The number of allylic oxidation sites excluding steroid dienone is 1. The quantitative estimate of drug-likeness (QED) is 0.414. The second-order valence-electron chi connectivity index (χ2n) is 6.10. The fraction of sp³-hybridized carbons (Fsp3) is 0.556. The number of rotatable bonds is 8. The maximum atomic E-state index is 12.8. The molecule has 1 fully saturated rings. The molecule has 0 radical (unpaired) electrons. The summed E-state index contributed by atoms with van der Waals surface area (Å²) in [4.78, 5) is 2.25. The number of piperazine rings is 1. The van der Waals surface area contributed by atoms with Crippen LogP contribution in [-0.2, 0) is 0 Å². The van der Waals surface area contributed by atoms with Crippen molar-refractivity contribution in [2.24, 2.45) is 0 Å². The van der Waals surface area contributed by atoms with Gasteiger partial charge in [0.15, 0.2) is 0 Å². The van der Waals surface area contributed by atoms with Gasteiger partial charge in [-0.25, -0.2) is 0 Å². The molecule has 0 amide bonds. The SMILES string of the molecule is C=CCCCC[C@H](c1cc(Br)ccc1OC(F)(F)F)N1CCNCC1.Cl. The van der Waals surface area contributed by atoms with E-state index in [4.69, 9.17) is 0 Å². The van der Waals surface area contributed by atoms with Crippen LogP contribution >= 0.6 is 28.3 Å². The Morgan fingerprint density at radius 1 is 1.27 bits per heavy atom. The molecule has 0 unspecified atom stereocenters. The molecule has 2 rings (SSSR count). The zero-order chi connectivity index (χ0) is 18.3. The third kappa shape index (κ3) is 7.47. The maximum absolute atomic E-state index is 12.8. The Morgan fingerprint density at radius 3 is 2.58 bits per heavy atom. The zero-order valence-corrected chi connectivity index (χ0v) is 16.9. The monoisotopic (exact) mass is 456 g/mol. The van der Waals surface area contributed by atoms with Crippen LogP contribution in [0, 0.1) is 0 Å². The summed E-state index contributed by atoms with van der Waals surface area (Å²) in [5.74, 6) is -0.108. The minimum atomic E-state index is -4.70. The van der Waals surface area contributed by atoms with Gasteiger partial charge in [-0.1, -0.05) is 28.4 Å². The Labute approximate surface area is 167 Å². The van der Waals surface area contributed by atoms with Gasteiger partial charge in [0.05, 0.1) is 0 Å². The Balaban J connectivity index is 0.00000338. The van der Waals surface area contributed by atoms with Crippen molar-refractivity contribution >= 4 is 28.3 Å². The van der Waals surface area contributed by atoms with Gasteiger partial charge < -0.3 is 10.1 Å². The van der Waals surface area contributed by atoms with E-state index in [-0.39, 0.29) is 24.2 Å². The number of alkyl halides is 3. The topological polar surface area (TPSA) is 24.5 Å². The first kappa shape index (κ1) is 23.3. The average Bonchev–Trinajstić information content (AvgIpc) is 2.56. The van der Waals surface area contributed by atoms with E-state index in [0.717, 1.165) is 56.3 Å². The lowest BCUT2D eigenvalue weighted by atomic mass is 9.97. The molecule has 1 atom stereocenters. The molecule has 26 heavy (non-hydrogen) atoms. The highest BCUT2D eigenvalue weighted by atomic mass is 79.9. The predicted octanol–water partition coefficient (Wildman–Crippen LogP) is 5.46. The molecule has 0 spiro atoms. The largest absolute Gasteiger partial charge is 0.573 e. The maximum Gasteiger partial charge on any atom is 0.573 e. The normalized spacial score (nSPS) is 16.6. The van der Waals surface area contributed by atoms with Gasteiger partial charge in [0, 0.05) is 42.3 Å². The molecule has 0 aromatic heterocycles. The van der Waals surface area contributed by atoms with Crippen molar-refractivity contribution in [1.82, 2.24) is 10.2 Å². The molecule has 0 aliphatic carbocycles. The number of benzene rings is 1. The van der Waals surface area contributed by atoms with Crippen molar-refractivity contribution in [3.63, 3.8) is 0 Å². The van der Waals surface area contributed by atoms with E-state index in [1.54, 1.807) is 12.1 Å². The highest BCUT2D eigenvalue weighted by Gasteiger charge is 2.34. The molecule has 0 bridgehead atoms. The predicted molar refractivity (Wildman–Crippen MR) is 104 cm³/mol. The van der Waals surface area contributed by atoms with E-state index in [1.807, 2.05) is 6.08 Å². The van der Waals surface area contributed by atoms with Crippen LogP contribution < -0.4 is 10.1 Å². The van der Waals surface area contributed by atoms with Crippen LogP contribution in [0.15, 0.2) is 35.3 Å². The molecule has 3 nitrogen and oxygen atoms in total. The van der Waals surface area contributed by atoms with Crippen LogP contribution in [0.25, 0.3) is 0 Å². The molecule has 1 aromatic rings. The van der Waals surface area contributed by atoms with Crippen molar-refractivity contribution in [1.29, 1.82) is 0 Å². The first-order chi connectivity index (χ1) is 11.9. The summed E-state index contributed by atoms with van der Waals surface area (Å²) in [5.41, 5.74) is 0.590. The summed E-state index contributed by atoms with van der Waals surface area (Å²) in [5, 5.41) is 3.29. The number of hydrogen-bond donors (Lipinski definition) is 1. The van der Waals surface area contributed by atoms with E-state index >= 15 is 0 Å². The van der Waals surface area contributed by atoms with Crippen LogP contribution in [-0.4, -0.2) is 37.4 Å². The Hall–Kier alpha value is -0.760. The second kappa shape index (κ2) is 11.2. The molecule has 8 heteroatoms. The standard InChI is InChI=1S/C18H24BrF3N2O.ClH/c1-2-3-4-5-6-16(24-11-9-23-10-12-24)15-13-14(19)7-8-17(15)25-18(20,21)22;/h2,7-8,13,16,23H,1,3-6,9-12H2;1H/t16-;/m1./s1. The lowest BCUT2D eigenvalue weighted by Crippen LogP contribution is -2.45.